The molecule has 1 amide bonds. The number of benzene rings is 1. The van der Waals surface area contributed by atoms with Gasteiger partial charge in [0.15, 0.2) is 0 Å². The summed E-state index contributed by atoms with van der Waals surface area (Å²) in [7, 11) is 0. The predicted molar refractivity (Wildman–Crippen MR) is 97.6 cm³/mol. The number of hydrogen-bond acceptors (Lipinski definition) is 2. The first-order valence-corrected chi connectivity index (χ1v) is 9.61. The molecule has 2 heterocycles. The Kier molecular flexibility index (Phi) is 4.60. The summed E-state index contributed by atoms with van der Waals surface area (Å²) in [6.07, 6.45) is -1.19. The van der Waals surface area contributed by atoms with Crippen LogP contribution in [0.1, 0.15) is 47.8 Å². The van der Waals surface area contributed by atoms with Crippen molar-refractivity contribution in [1.29, 1.82) is 0 Å². The van der Waals surface area contributed by atoms with Crippen LogP contribution in [0.2, 0.25) is 0 Å². The molecule has 1 aromatic carbocycles. The Morgan fingerprint density at radius 1 is 1.22 bits per heavy atom. The maximum absolute atomic E-state index is 13.4. The van der Waals surface area contributed by atoms with Crippen molar-refractivity contribution < 1.29 is 18.0 Å². The van der Waals surface area contributed by atoms with Crippen LogP contribution in [0.4, 0.5) is 13.2 Å². The lowest BCUT2D eigenvalue weighted by molar-refractivity contribution is -0.184. The molecule has 1 aromatic heterocycles. The number of aromatic nitrogens is 1. The molecule has 0 radical (unpaired) electrons. The molecular formula is C21H23F3N2O. The number of halogens is 3. The van der Waals surface area contributed by atoms with Crippen molar-refractivity contribution >= 4 is 16.8 Å². The Morgan fingerprint density at radius 3 is 2.78 bits per heavy atom. The van der Waals surface area contributed by atoms with Crippen LogP contribution < -0.4 is 0 Å². The van der Waals surface area contributed by atoms with Gasteiger partial charge in [0, 0.05) is 24.2 Å². The van der Waals surface area contributed by atoms with Crippen molar-refractivity contribution in [3.63, 3.8) is 0 Å². The van der Waals surface area contributed by atoms with Gasteiger partial charge in [0.1, 0.15) is 0 Å². The number of nitrogens with zero attached hydrogens (tertiary/aromatic N) is 2. The molecule has 1 aliphatic carbocycles. The normalized spacial score (nSPS) is 23.3. The number of piperidine rings is 1. The monoisotopic (exact) mass is 376 g/mol. The summed E-state index contributed by atoms with van der Waals surface area (Å²) in [5.74, 6) is -1.26. The molecule has 0 N–H and O–H groups in total. The number of carbonyl (C=O) groups excluding carboxylic acids is 1. The van der Waals surface area contributed by atoms with Crippen molar-refractivity contribution in [3.8, 4) is 0 Å². The molecular weight excluding hydrogens is 353 g/mol. The van der Waals surface area contributed by atoms with Crippen LogP contribution in [0.5, 0.6) is 0 Å². The van der Waals surface area contributed by atoms with Crippen LogP contribution in [-0.4, -0.2) is 35.1 Å². The standard InChI is InChI=1S/C21H23F3N2O/c1-13-8-9-18-16(11-13)19(15-6-2-3-7-17(15)25-18)20(27)26-10-4-5-14(12-26)21(22,23)24/h2-3,6-7,13-14H,4-5,8-12H2,1H3/t13-,14-/m0/s1. The van der Waals surface area contributed by atoms with Crippen LogP contribution in [0.15, 0.2) is 24.3 Å². The quantitative estimate of drug-likeness (QED) is 0.718. The van der Waals surface area contributed by atoms with Crippen LogP contribution in [0, 0.1) is 11.8 Å². The van der Waals surface area contributed by atoms with Gasteiger partial charge in [-0.3, -0.25) is 9.78 Å². The van der Waals surface area contributed by atoms with E-state index < -0.39 is 12.1 Å². The van der Waals surface area contributed by atoms with Crippen molar-refractivity contribution in [2.45, 2.75) is 45.2 Å². The largest absolute Gasteiger partial charge is 0.393 e. The van der Waals surface area contributed by atoms with Gasteiger partial charge in [-0.05, 0) is 49.7 Å². The van der Waals surface area contributed by atoms with Gasteiger partial charge in [-0.15, -0.1) is 0 Å². The van der Waals surface area contributed by atoms with Gasteiger partial charge in [-0.1, -0.05) is 25.1 Å². The number of carbonyl (C=O) groups is 1. The Balaban J connectivity index is 1.78. The van der Waals surface area contributed by atoms with E-state index >= 15 is 0 Å². The van der Waals surface area contributed by atoms with Gasteiger partial charge in [-0.2, -0.15) is 13.2 Å². The predicted octanol–water partition coefficient (Wildman–Crippen LogP) is 4.77. The molecule has 0 bridgehead atoms. The summed E-state index contributed by atoms with van der Waals surface area (Å²) in [4.78, 5) is 19.5. The zero-order chi connectivity index (χ0) is 19.2. The molecule has 0 spiro atoms. The highest BCUT2D eigenvalue weighted by molar-refractivity contribution is 6.07. The van der Waals surface area contributed by atoms with Gasteiger partial charge in [0.2, 0.25) is 0 Å². The highest BCUT2D eigenvalue weighted by Gasteiger charge is 2.43. The van der Waals surface area contributed by atoms with E-state index in [1.807, 2.05) is 24.3 Å². The minimum atomic E-state index is -4.26. The molecule has 0 saturated carbocycles. The van der Waals surface area contributed by atoms with Crippen LogP contribution in [0.3, 0.4) is 0 Å². The van der Waals surface area contributed by atoms with Crippen molar-refractivity contribution in [1.82, 2.24) is 9.88 Å². The Bertz CT molecular complexity index is 878. The molecule has 2 aromatic rings. The Labute approximate surface area is 156 Å². The molecule has 4 rings (SSSR count). The summed E-state index contributed by atoms with van der Waals surface area (Å²) in [5.41, 5.74) is 3.19. The number of likely N-dealkylation sites (tertiary alicyclic amines) is 1. The second-order valence-electron chi connectivity index (χ2n) is 7.91. The van der Waals surface area contributed by atoms with Gasteiger partial charge < -0.3 is 4.90 Å². The van der Waals surface area contributed by atoms with Crippen molar-refractivity contribution in [3.05, 3.63) is 41.1 Å². The van der Waals surface area contributed by atoms with E-state index in [9.17, 15) is 18.0 Å². The average Bonchev–Trinajstić information content (AvgIpc) is 2.65. The fraction of sp³-hybridized carbons (Fsp3) is 0.524. The Hall–Kier alpha value is -2.11. The molecule has 1 fully saturated rings. The third-order valence-corrected chi connectivity index (χ3v) is 5.89. The smallest absolute Gasteiger partial charge is 0.338 e. The van der Waals surface area contributed by atoms with E-state index in [0.29, 0.717) is 24.4 Å². The lowest BCUT2D eigenvalue weighted by atomic mass is 9.83. The minimum Gasteiger partial charge on any atom is -0.338 e. The third kappa shape index (κ3) is 3.42. The zero-order valence-corrected chi connectivity index (χ0v) is 15.4. The van der Waals surface area contributed by atoms with Crippen molar-refractivity contribution in [2.24, 2.45) is 11.8 Å². The molecule has 2 aliphatic rings. The second-order valence-corrected chi connectivity index (χ2v) is 7.91. The van der Waals surface area contributed by atoms with Gasteiger partial charge in [-0.25, -0.2) is 0 Å². The first-order valence-electron chi connectivity index (χ1n) is 9.61. The van der Waals surface area contributed by atoms with Gasteiger partial charge >= 0.3 is 6.18 Å². The number of hydrogen-bond donors (Lipinski definition) is 0. The number of para-hydroxylation sites is 1. The SMILES string of the molecule is C[C@H]1CCc2nc3ccccc3c(C(=O)N3CCC[C@H](C(F)(F)F)C3)c2C1. The third-order valence-electron chi connectivity index (χ3n) is 5.89. The Morgan fingerprint density at radius 2 is 2.00 bits per heavy atom. The summed E-state index contributed by atoms with van der Waals surface area (Å²) in [6.45, 7) is 2.28. The van der Waals surface area contributed by atoms with Crippen LogP contribution in [0.25, 0.3) is 10.9 Å². The lowest BCUT2D eigenvalue weighted by Gasteiger charge is -2.35. The fourth-order valence-corrected chi connectivity index (χ4v) is 4.39. The molecule has 6 heteroatoms. The summed E-state index contributed by atoms with van der Waals surface area (Å²) in [6, 6.07) is 7.47. The van der Waals surface area contributed by atoms with E-state index in [1.165, 1.54) is 4.90 Å². The molecule has 2 atom stereocenters. The summed E-state index contributed by atoms with van der Waals surface area (Å²) >= 11 is 0. The number of pyridine rings is 1. The maximum Gasteiger partial charge on any atom is 0.393 e. The van der Waals surface area contributed by atoms with Gasteiger partial charge in [0.05, 0.1) is 17.0 Å². The average molecular weight is 376 g/mol. The molecule has 3 nitrogen and oxygen atoms in total. The second kappa shape index (κ2) is 6.80. The topological polar surface area (TPSA) is 33.2 Å². The maximum atomic E-state index is 13.4. The summed E-state index contributed by atoms with van der Waals surface area (Å²) in [5, 5.41) is 0.754. The highest BCUT2D eigenvalue weighted by Crippen LogP contribution is 2.36. The molecule has 1 saturated heterocycles. The van der Waals surface area contributed by atoms with Crippen LogP contribution in [-0.2, 0) is 12.8 Å². The highest BCUT2D eigenvalue weighted by atomic mass is 19.4. The minimum absolute atomic E-state index is 0.0967. The lowest BCUT2D eigenvalue weighted by Crippen LogP contribution is -2.45. The van der Waals surface area contributed by atoms with E-state index in [2.05, 4.69) is 6.92 Å². The molecule has 0 unspecified atom stereocenters. The molecule has 27 heavy (non-hydrogen) atoms. The fourth-order valence-electron chi connectivity index (χ4n) is 4.39. The van der Waals surface area contributed by atoms with Crippen molar-refractivity contribution in [2.75, 3.05) is 13.1 Å². The summed E-state index contributed by atoms with van der Waals surface area (Å²) < 4.78 is 39.6. The number of rotatable bonds is 1. The van der Waals surface area contributed by atoms with E-state index in [1.54, 1.807) is 0 Å². The molecule has 1 aliphatic heterocycles. The number of aryl methyl sites for hydroxylation is 1. The first kappa shape index (κ1) is 18.3. The number of alkyl halides is 3. The molecule has 144 valence electrons. The van der Waals surface area contributed by atoms with E-state index in [4.69, 9.17) is 4.98 Å². The first-order chi connectivity index (χ1) is 12.8. The number of fused-ring (bicyclic) bond motifs is 2. The zero-order valence-electron chi connectivity index (χ0n) is 15.4. The van der Waals surface area contributed by atoms with E-state index in [0.717, 1.165) is 41.4 Å². The van der Waals surface area contributed by atoms with Crippen LogP contribution >= 0.6 is 0 Å². The number of amides is 1. The van der Waals surface area contributed by atoms with E-state index in [-0.39, 0.29) is 18.9 Å². The van der Waals surface area contributed by atoms with Gasteiger partial charge in [0.25, 0.3) is 5.91 Å².